The predicted octanol–water partition coefficient (Wildman–Crippen LogP) is 4.17. The van der Waals surface area contributed by atoms with Gasteiger partial charge in [-0.3, -0.25) is 4.79 Å². The van der Waals surface area contributed by atoms with E-state index >= 15 is 0 Å². The Bertz CT molecular complexity index is 1300. The molecule has 0 atom stereocenters. The average molecular weight is 486 g/mol. The van der Waals surface area contributed by atoms with Crippen LogP contribution in [0.1, 0.15) is 19.4 Å². The van der Waals surface area contributed by atoms with Crippen molar-refractivity contribution in [3.05, 3.63) is 67.4 Å². The molecule has 2 aromatic carbocycles. The molecule has 8 heteroatoms. The van der Waals surface area contributed by atoms with Crippen LogP contribution in [0.25, 0.3) is 22.4 Å². The predicted molar refractivity (Wildman–Crippen MR) is 122 cm³/mol. The Morgan fingerprint density at radius 3 is 2.60 bits per heavy atom. The fraction of sp³-hybridized carbons (Fsp3) is 0.227. The first kappa shape index (κ1) is 20.6. The van der Waals surface area contributed by atoms with Gasteiger partial charge in [0, 0.05) is 10.0 Å². The molecule has 6 nitrogen and oxygen atoms in total. The van der Waals surface area contributed by atoms with Crippen molar-refractivity contribution in [2.24, 2.45) is 5.92 Å². The van der Waals surface area contributed by atoms with Crippen molar-refractivity contribution in [3.8, 4) is 22.9 Å². The number of nitrogens with zero attached hydrogens (tertiary/aromatic N) is 3. The van der Waals surface area contributed by atoms with Gasteiger partial charge in [-0.2, -0.15) is 9.50 Å². The Kier molecular flexibility index (Phi) is 5.87. The van der Waals surface area contributed by atoms with E-state index in [-0.39, 0.29) is 5.56 Å². The number of benzene rings is 2. The molecule has 0 saturated heterocycles. The van der Waals surface area contributed by atoms with E-state index in [4.69, 9.17) is 9.47 Å². The Morgan fingerprint density at radius 1 is 1.17 bits per heavy atom. The second kappa shape index (κ2) is 8.57. The lowest BCUT2D eigenvalue weighted by atomic mass is 10.2. The molecule has 4 rings (SSSR count). The van der Waals surface area contributed by atoms with Gasteiger partial charge in [-0.25, -0.2) is 0 Å². The van der Waals surface area contributed by atoms with Gasteiger partial charge in [0.2, 0.25) is 4.96 Å². The van der Waals surface area contributed by atoms with E-state index in [1.54, 1.807) is 7.11 Å². The second-order valence-corrected chi connectivity index (χ2v) is 9.09. The number of rotatable bonds is 6. The molecular weight excluding hydrogens is 466 g/mol. The van der Waals surface area contributed by atoms with E-state index in [9.17, 15) is 4.79 Å². The molecule has 0 aliphatic rings. The number of hydrogen-bond acceptors (Lipinski definition) is 6. The normalized spacial score (nSPS) is 12.1. The van der Waals surface area contributed by atoms with Gasteiger partial charge in [0.25, 0.3) is 5.56 Å². The third-order valence-corrected chi connectivity index (χ3v) is 5.83. The third kappa shape index (κ3) is 4.24. The summed E-state index contributed by atoms with van der Waals surface area (Å²) in [4.78, 5) is 17.9. The van der Waals surface area contributed by atoms with Gasteiger partial charge in [0.1, 0.15) is 0 Å². The minimum atomic E-state index is -0.190. The maximum Gasteiger partial charge on any atom is 0.291 e. The Labute approximate surface area is 185 Å². The summed E-state index contributed by atoms with van der Waals surface area (Å²) in [6.07, 6.45) is 1.82. The largest absolute Gasteiger partial charge is 0.493 e. The molecule has 0 N–H and O–H groups in total. The molecule has 0 unspecified atom stereocenters. The van der Waals surface area contributed by atoms with E-state index in [1.807, 2.05) is 48.5 Å². The molecule has 0 radical (unpaired) electrons. The molecule has 0 spiro atoms. The minimum absolute atomic E-state index is 0.190. The Balaban J connectivity index is 1.67. The van der Waals surface area contributed by atoms with Gasteiger partial charge in [-0.05, 0) is 41.8 Å². The number of thiazole rings is 1. The first-order valence-electron chi connectivity index (χ1n) is 9.42. The van der Waals surface area contributed by atoms with E-state index in [1.165, 1.54) is 15.9 Å². The fourth-order valence-electron chi connectivity index (χ4n) is 2.86. The van der Waals surface area contributed by atoms with Crippen LogP contribution in [0.2, 0.25) is 0 Å². The summed E-state index contributed by atoms with van der Waals surface area (Å²) in [7, 11) is 1.60. The second-order valence-electron chi connectivity index (χ2n) is 7.17. The average Bonchev–Trinajstić information content (AvgIpc) is 3.27. The van der Waals surface area contributed by atoms with Gasteiger partial charge in [0.15, 0.2) is 17.3 Å². The highest BCUT2D eigenvalue weighted by atomic mass is 79.9. The van der Waals surface area contributed by atoms with Crippen molar-refractivity contribution in [2.45, 2.75) is 13.8 Å². The number of ether oxygens (including phenoxy) is 2. The van der Waals surface area contributed by atoms with Gasteiger partial charge in [-0.15, -0.1) is 5.10 Å². The minimum Gasteiger partial charge on any atom is -0.493 e. The van der Waals surface area contributed by atoms with Crippen LogP contribution in [0, 0.1) is 5.92 Å². The van der Waals surface area contributed by atoms with Crippen molar-refractivity contribution in [3.63, 3.8) is 0 Å². The van der Waals surface area contributed by atoms with Crippen molar-refractivity contribution in [1.29, 1.82) is 0 Å². The monoisotopic (exact) mass is 485 g/mol. The summed E-state index contributed by atoms with van der Waals surface area (Å²) in [6.45, 7) is 4.79. The topological polar surface area (TPSA) is 65.7 Å². The lowest BCUT2D eigenvalue weighted by Gasteiger charge is -2.12. The van der Waals surface area contributed by atoms with Crippen molar-refractivity contribution >= 4 is 38.3 Å². The van der Waals surface area contributed by atoms with E-state index in [0.29, 0.717) is 39.3 Å². The zero-order valence-corrected chi connectivity index (χ0v) is 19.2. The maximum absolute atomic E-state index is 12.8. The van der Waals surface area contributed by atoms with E-state index in [2.05, 4.69) is 39.9 Å². The highest BCUT2D eigenvalue weighted by molar-refractivity contribution is 9.10. The molecule has 30 heavy (non-hydrogen) atoms. The summed E-state index contributed by atoms with van der Waals surface area (Å²) in [5.41, 5.74) is 1.52. The zero-order valence-electron chi connectivity index (χ0n) is 16.8. The summed E-state index contributed by atoms with van der Waals surface area (Å²) >= 11 is 4.72. The van der Waals surface area contributed by atoms with Crippen LogP contribution in [0.4, 0.5) is 0 Å². The summed E-state index contributed by atoms with van der Waals surface area (Å²) in [6, 6.07) is 13.3. The first-order valence-corrected chi connectivity index (χ1v) is 11.0. The third-order valence-electron chi connectivity index (χ3n) is 4.34. The molecule has 2 heterocycles. The molecule has 154 valence electrons. The highest BCUT2D eigenvalue weighted by Crippen LogP contribution is 2.28. The van der Waals surface area contributed by atoms with Crippen molar-refractivity contribution in [1.82, 2.24) is 14.6 Å². The first-order chi connectivity index (χ1) is 14.4. The molecule has 0 aliphatic heterocycles. The number of aromatic nitrogens is 3. The van der Waals surface area contributed by atoms with Crippen LogP contribution in [-0.4, -0.2) is 28.3 Å². The van der Waals surface area contributed by atoms with Crippen LogP contribution in [0.3, 0.4) is 0 Å². The summed E-state index contributed by atoms with van der Waals surface area (Å²) in [5.74, 6) is 2.27. The van der Waals surface area contributed by atoms with Gasteiger partial charge in [0.05, 0.1) is 18.2 Å². The SMILES string of the molecule is COc1cc(/C=c2\sc3nc(-c4ccc(Br)cc4)nn3c2=O)ccc1OCC(C)C. The van der Waals surface area contributed by atoms with Crippen LogP contribution < -0.4 is 19.6 Å². The van der Waals surface area contributed by atoms with Crippen molar-refractivity contribution in [2.75, 3.05) is 13.7 Å². The van der Waals surface area contributed by atoms with Gasteiger partial charge >= 0.3 is 0 Å². The number of halogens is 1. The van der Waals surface area contributed by atoms with E-state index < -0.39 is 0 Å². The smallest absolute Gasteiger partial charge is 0.291 e. The lowest BCUT2D eigenvalue weighted by molar-refractivity contribution is 0.257. The maximum atomic E-state index is 12.8. The standard InChI is InChI=1S/C22H20BrN3O3S/c1-13(2)12-29-17-9-4-14(10-18(17)28-3)11-19-21(27)26-22(30-19)24-20(25-26)15-5-7-16(23)8-6-15/h4-11,13H,12H2,1-3H3/b19-11-. The van der Waals surface area contributed by atoms with Crippen LogP contribution in [0.15, 0.2) is 51.7 Å². The summed E-state index contributed by atoms with van der Waals surface area (Å²) < 4.78 is 14.1. The van der Waals surface area contributed by atoms with Crippen LogP contribution in [0.5, 0.6) is 11.5 Å². The van der Waals surface area contributed by atoms with Crippen LogP contribution in [-0.2, 0) is 0 Å². The van der Waals surface area contributed by atoms with Gasteiger partial charge in [-0.1, -0.05) is 59.3 Å². The molecular formula is C22H20BrN3O3S. The van der Waals surface area contributed by atoms with Gasteiger partial charge < -0.3 is 9.47 Å². The fourth-order valence-corrected chi connectivity index (χ4v) is 4.03. The Morgan fingerprint density at radius 2 is 1.93 bits per heavy atom. The number of hydrogen-bond donors (Lipinski definition) is 0. The molecule has 0 fully saturated rings. The molecule has 0 saturated carbocycles. The lowest BCUT2D eigenvalue weighted by Crippen LogP contribution is -2.23. The quantitative estimate of drug-likeness (QED) is 0.409. The van der Waals surface area contributed by atoms with Crippen molar-refractivity contribution < 1.29 is 9.47 Å². The molecule has 2 aromatic heterocycles. The van der Waals surface area contributed by atoms with Crippen LogP contribution >= 0.6 is 27.3 Å². The molecule has 0 amide bonds. The molecule has 0 bridgehead atoms. The molecule has 4 aromatic rings. The zero-order chi connectivity index (χ0) is 21.3. The number of fused-ring (bicyclic) bond motifs is 1. The van der Waals surface area contributed by atoms with E-state index in [0.717, 1.165) is 15.6 Å². The highest BCUT2D eigenvalue weighted by Gasteiger charge is 2.12. The Hall–Kier alpha value is -2.71. The molecule has 0 aliphatic carbocycles. The summed E-state index contributed by atoms with van der Waals surface area (Å²) in [5, 5.41) is 4.39. The number of methoxy groups -OCH3 is 1.